The second kappa shape index (κ2) is 9.55. The molecule has 190 valence electrons. The van der Waals surface area contributed by atoms with Crippen LogP contribution in [0.4, 0.5) is 17.6 Å². The van der Waals surface area contributed by atoms with Crippen molar-refractivity contribution in [2.24, 2.45) is 0 Å². The first-order chi connectivity index (χ1) is 14.7. The molecule has 1 aromatic heterocycles. The van der Waals surface area contributed by atoms with Gasteiger partial charge in [0.2, 0.25) is 0 Å². The highest BCUT2D eigenvalue weighted by Crippen LogP contribution is 2.66. The third kappa shape index (κ3) is 6.83. The van der Waals surface area contributed by atoms with Gasteiger partial charge in [0, 0.05) is 6.20 Å². The van der Waals surface area contributed by atoms with Crippen LogP contribution in [0.5, 0.6) is 0 Å². The van der Waals surface area contributed by atoms with Gasteiger partial charge in [-0.2, -0.15) is 21.8 Å². The summed E-state index contributed by atoms with van der Waals surface area (Å²) in [5, 5.41) is 9.98. The molecule has 6 atom stereocenters. The van der Waals surface area contributed by atoms with Gasteiger partial charge in [-0.1, -0.05) is 12.2 Å². The molecule has 0 saturated carbocycles. The molecule has 23 heteroatoms. The molecule has 0 aromatic carbocycles. The van der Waals surface area contributed by atoms with Crippen molar-refractivity contribution in [3.8, 4) is 0 Å². The van der Waals surface area contributed by atoms with E-state index in [1.165, 1.54) is 0 Å². The zero-order chi connectivity index (χ0) is 25.6. The monoisotopic (exact) mass is 586 g/mol. The number of hydrogen-bond acceptors (Lipinski definition) is 10. The van der Waals surface area contributed by atoms with Gasteiger partial charge in [-0.05, 0) is 18.3 Å². The van der Waals surface area contributed by atoms with Gasteiger partial charge in [-0.25, -0.2) is 18.1 Å². The number of aromatic nitrogens is 2. The number of aliphatic hydroxyl groups is 1. The number of nitrogens with zero attached hydrogens (tertiary/aromatic N) is 1. The highest BCUT2D eigenvalue weighted by atomic mass is 32.1. The molecule has 0 bridgehead atoms. The number of aliphatic hydroxyl groups excluding tert-OH is 1. The Balaban J connectivity index is 2.29. The van der Waals surface area contributed by atoms with Crippen LogP contribution in [-0.2, 0) is 31.6 Å². The third-order valence-corrected chi connectivity index (χ3v) is 8.16. The fourth-order valence-electron chi connectivity index (χ4n) is 2.54. The Bertz CT molecular complexity index is 1160. The number of ether oxygens (including phenoxy) is 1. The van der Waals surface area contributed by atoms with E-state index < -0.39 is 65.1 Å². The van der Waals surface area contributed by atoms with Crippen molar-refractivity contribution in [1.29, 1.82) is 0 Å². The third-order valence-electron chi connectivity index (χ3n) is 3.80. The summed E-state index contributed by atoms with van der Waals surface area (Å²) in [5.74, 6) is 0. The first-order valence-electron chi connectivity index (χ1n) is 7.87. The standard InChI is InChI=1S/C10H13F4N2O12P3S2/c11-9(10(12,13)14)6(17)4(26-7(9)16-2-1-5(32)15-8(16)33)3-25-30(21,22)28-31(23,24)27-29(18,19)20/h1-2,4,6-7,17H,3H2,(H,21,22)(H,23,24)(H,15,32,33)(H2,18,19,20)/t4-,6?,7-,9-/m1/s1. The van der Waals surface area contributed by atoms with E-state index in [4.69, 9.17) is 43.9 Å². The van der Waals surface area contributed by atoms with E-state index in [9.17, 15) is 36.9 Å². The number of halogens is 4. The van der Waals surface area contributed by atoms with E-state index in [0.717, 1.165) is 12.3 Å². The van der Waals surface area contributed by atoms with E-state index >= 15 is 4.39 Å². The summed E-state index contributed by atoms with van der Waals surface area (Å²) in [4.78, 5) is 37.6. The molecule has 6 N–H and O–H groups in total. The highest BCUT2D eigenvalue weighted by Gasteiger charge is 2.73. The van der Waals surface area contributed by atoms with Crippen molar-refractivity contribution in [3.05, 3.63) is 21.7 Å². The maximum absolute atomic E-state index is 15.2. The molecule has 0 spiro atoms. The molecular weight excluding hydrogens is 573 g/mol. The Morgan fingerprint density at radius 1 is 1.15 bits per heavy atom. The lowest BCUT2D eigenvalue weighted by Gasteiger charge is -2.31. The summed E-state index contributed by atoms with van der Waals surface area (Å²) in [6.45, 7) is -1.54. The van der Waals surface area contributed by atoms with Crippen LogP contribution in [0.2, 0.25) is 0 Å². The Morgan fingerprint density at radius 3 is 2.21 bits per heavy atom. The zero-order valence-corrected chi connectivity index (χ0v) is 19.6. The van der Waals surface area contributed by atoms with E-state index in [2.05, 4.69) is 18.1 Å². The molecule has 2 rings (SSSR count). The zero-order valence-electron chi connectivity index (χ0n) is 15.3. The quantitative estimate of drug-likeness (QED) is 0.147. The van der Waals surface area contributed by atoms with Gasteiger partial charge in [-0.15, -0.1) is 0 Å². The van der Waals surface area contributed by atoms with Crippen LogP contribution in [0.1, 0.15) is 6.23 Å². The highest BCUT2D eigenvalue weighted by molar-refractivity contribution is 7.72. The maximum atomic E-state index is 15.2. The van der Waals surface area contributed by atoms with Gasteiger partial charge in [-0.3, -0.25) is 9.09 Å². The van der Waals surface area contributed by atoms with E-state index in [1.54, 1.807) is 0 Å². The summed E-state index contributed by atoms with van der Waals surface area (Å²) in [5.41, 5.74) is -4.54. The van der Waals surface area contributed by atoms with Gasteiger partial charge >= 0.3 is 29.6 Å². The first-order valence-corrected chi connectivity index (χ1v) is 13.2. The fraction of sp³-hybridized carbons (Fsp3) is 0.600. The summed E-state index contributed by atoms with van der Waals surface area (Å²) < 4.78 is 105. The lowest BCUT2D eigenvalue weighted by Crippen LogP contribution is -2.54. The molecule has 1 aromatic rings. The molecule has 0 radical (unpaired) electrons. The average molecular weight is 586 g/mol. The Kier molecular flexibility index (Phi) is 8.34. The Hall–Kier alpha value is -0.430. The molecule has 14 nitrogen and oxygen atoms in total. The molecule has 0 aliphatic carbocycles. The van der Waals surface area contributed by atoms with Crippen molar-refractivity contribution >= 4 is 47.9 Å². The average Bonchev–Trinajstić information content (AvgIpc) is 2.82. The van der Waals surface area contributed by atoms with E-state index in [-0.39, 0.29) is 4.64 Å². The molecule has 1 aliphatic heterocycles. The fourth-order valence-corrected chi connectivity index (χ4v) is 6.06. The molecule has 1 saturated heterocycles. The lowest BCUT2D eigenvalue weighted by atomic mass is 9.95. The first kappa shape index (κ1) is 28.8. The number of aromatic amines is 1. The van der Waals surface area contributed by atoms with Crippen LogP contribution >= 0.6 is 47.9 Å². The maximum Gasteiger partial charge on any atom is 0.490 e. The number of phosphoric acid groups is 3. The van der Waals surface area contributed by atoms with Gasteiger partial charge in [0.05, 0.1) is 6.61 Å². The van der Waals surface area contributed by atoms with E-state index in [0.29, 0.717) is 4.57 Å². The summed E-state index contributed by atoms with van der Waals surface area (Å²) in [7, 11) is -17.4. The molecule has 1 fully saturated rings. The normalized spacial score (nSPS) is 30.0. The molecule has 2 heterocycles. The van der Waals surface area contributed by atoms with Crippen molar-refractivity contribution in [3.63, 3.8) is 0 Å². The molecule has 1 aliphatic rings. The number of H-pyrrole nitrogens is 1. The van der Waals surface area contributed by atoms with Crippen LogP contribution in [0.15, 0.2) is 12.3 Å². The minimum atomic E-state index is -5.93. The van der Waals surface area contributed by atoms with Crippen molar-refractivity contribution in [1.82, 2.24) is 9.55 Å². The van der Waals surface area contributed by atoms with Crippen molar-refractivity contribution in [2.75, 3.05) is 6.61 Å². The number of hydrogen-bond donors (Lipinski definition) is 6. The number of nitrogens with one attached hydrogen (secondary N) is 1. The summed E-state index contributed by atoms with van der Waals surface area (Å²) >= 11 is 9.51. The van der Waals surface area contributed by atoms with Crippen molar-refractivity contribution in [2.45, 2.75) is 30.3 Å². The topological polar surface area (TPSA) is 210 Å². The predicted octanol–water partition coefficient (Wildman–Crippen LogP) is 2.15. The molecule has 33 heavy (non-hydrogen) atoms. The lowest BCUT2D eigenvalue weighted by molar-refractivity contribution is -0.273. The number of rotatable bonds is 8. The van der Waals surface area contributed by atoms with Crippen LogP contribution in [0.3, 0.4) is 0 Å². The Morgan fingerprint density at radius 2 is 1.73 bits per heavy atom. The second-order valence-electron chi connectivity index (χ2n) is 6.14. The van der Waals surface area contributed by atoms with Gasteiger partial charge in [0.1, 0.15) is 16.8 Å². The smallest absolute Gasteiger partial charge is 0.386 e. The van der Waals surface area contributed by atoms with Crippen molar-refractivity contribution < 1.29 is 73.8 Å². The largest absolute Gasteiger partial charge is 0.490 e. The Labute approximate surface area is 190 Å². The van der Waals surface area contributed by atoms with Crippen LogP contribution in [-0.4, -0.2) is 64.9 Å². The van der Waals surface area contributed by atoms with Gasteiger partial charge < -0.3 is 34.4 Å². The SMILES string of the molecule is O=P(O)(O)OP(=O)(O)OP(=O)(O)OC[C@H]1O[C@@H](n2ccc(=S)[nH]c2=S)[C@@](F)(C(F)(F)F)C1O. The molecule has 0 amide bonds. The van der Waals surface area contributed by atoms with E-state index in [1.807, 2.05) is 0 Å². The van der Waals surface area contributed by atoms with Crippen LogP contribution in [0.25, 0.3) is 0 Å². The van der Waals surface area contributed by atoms with Gasteiger partial charge in [0.15, 0.2) is 11.0 Å². The minimum Gasteiger partial charge on any atom is -0.386 e. The number of alkyl halides is 4. The number of phosphoric ester groups is 1. The van der Waals surface area contributed by atoms with Gasteiger partial charge in [0.25, 0.3) is 5.67 Å². The minimum absolute atomic E-state index is 0.0320. The molecular formula is C10H13F4N2O12P3S2. The van der Waals surface area contributed by atoms with Crippen LogP contribution in [0, 0.1) is 9.41 Å². The summed E-state index contributed by atoms with van der Waals surface area (Å²) in [6.07, 6.45) is -13.0. The van der Waals surface area contributed by atoms with Crippen LogP contribution < -0.4 is 0 Å². The molecule has 3 unspecified atom stereocenters. The predicted molar refractivity (Wildman–Crippen MR) is 100 cm³/mol. The summed E-state index contributed by atoms with van der Waals surface area (Å²) in [6, 6.07) is 1.02. The second-order valence-corrected chi connectivity index (χ2v) is 11.4.